The topological polar surface area (TPSA) is 72.6 Å². The van der Waals surface area contributed by atoms with Crippen molar-refractivity contribution in [1.29, 1.82) is 0 Å². The fourth-order valence-corrected chi connectivity index (χ4v) is 4.76. The summed E-state index contributed by atoms with van der Waals surface area (Å²) in [7, 11) is -1.89. The van der Waals surface area contributed by atoms with Gasteiger partial charge in [0.25, 0.3) is 0 Å². The molecule has 0 aromatic heterocycles. The molecule has 0 saturated carbocycles. The van der Waals surface area contributed by atoms with Crippen LogP contribution < -0.4 is 5.73 Å². The lowest BCUT2D eigenvalue weighted by Gasteiger charge is -2.31. The van der Waals surface area contributed by atoms with Gasteiger partial charge < -0.3 is 10.5 Å². The number of nitrogen functional groups attached to an aromatic ring is 1. The van der Waals surface area contributed by atoms with Crippen LogP contribution in [0.4, 0.5) is 5.69 Å². The Hall–Kier alpha value is -1.11. The summed E-state index contributed by atoms with van der Waals surface area (Å²) in [6, 6.07) is 1.82. The number of ether oxygens (including phenoxy) is 1. The molecule has 0 radical (unpaired) electrons. The van der Waals surface area contributed by atoms with Crippen LogP contribution >= 0.6 is 0 Å². The van der Waals surface area contributed by atoms with Gasteiger partial charge in [-0.1, -0.05) is 0 Å². The van der Waals surface area contributed by atoms with Crippen molar-refractivity contribution in [3.63, 3.8) is 0 Å². The lowest BCUT2D eigenvalue weighted by Crippen LogP contribution is -2.41. The van der Waals surface area contributed by atoms with Crippen molar-refractivity contribution in [2.75, 3.05) is 26.0 Å². The molecule has 0 aliphatic carbocycles. The summed E-state index contributed by atoms with van der Waals surface area (Å²) >= 11 is 0. The van der Waals surface area contributed by atoms with Crippen LogP contribution in [0, 0.1) is 20.8 Å². The second-order valence-corrected chi connectivity index (χ2v) is 7.66. The number of hydrogen-bond donors (Lipinski definition) is 1. The van der Waals surface area contributed by atoms with Gasteiger partial charge in [-0.3, -0.25) is 0 Å². The van der Waals surface area contributed by atoms with Crippen LogP contribution in [0.15, 0.2) is 11.0 Å². The minimum Gasteiger partial charge on any atom is -0.398 e. The van der Waals surface area contributed by atoms with Crippen molar-refractivity contribution in [2.24, 2.45) is 0 Å². The van der Waals surface area contributed by atoms with E-state index in [1.165, 1.54) is 4.31 Å². The van der Waals surface area contributed by atoms with E-state index in [2.05, 4.69) is 0 Å². The monoisotopic (exact) mass is 312 g/mol. The number of nitrogens with zero attached hydrogens (tertiary/aromatic N) is 1. The highest BCUT2D eigenvalue weighted by atomic mass is 32.2. The maximum absolute atomic E-state index is 13.0. The number of aryl methyl sites for hydroxylation is 1. The van der Waals surface area contributed by atoms with Crippen molar-refractivity contribution < 1.29 is 13.2 Å². The molecule has 5 nitrogen and oxygen atoms in total. The highest BCUT2D eigenvalue weighted by Gasteiger charge is 2.32. The third-order valence-electron chi connectivity index (χ3n) is 4.42. The molecule has 1 aliphatic heterocycles. The molecular weight excluding hydrogens is 288 g/mol. The predicted molar refractivity (Wildman–Crippen MR) is 83.9 cm³/mol. The molecular formula is C15H24N2O3S. The molecule has 1 aliphatic rings. The molecule has 21 heavy (non-hydrogen) atoms. The van der Waals surface area contributed by atoms with Crippen LogP contribution in [0.3, 0.4) is 0 Å². The van der Waals surface area contributed by atoms with Gasteiger partial charge in [0.05, 0.1) is 4.90 Å². The van der Waals surface area contributed by atoms with Crippen LogP contribution in [0.2, 0.25) is 0 Å². The summed E-state index contributed by atoms with van der Waals surface area (Å²) in [4.78, 5) is 0.356. The Labute approximate surface area is 127 Å². The molecule has 2 rings (SSSR count). The van der Waals surface area contributed by atoms with Crippen molar-refractivity contribution >= 4 is 15.7 Å². The van der Waals surface area contributed by atoms with E-state index in [0.29, 0.717) is 29.4 Å². The van der Waals surface area contributed by atoms with Crippen molar-refractivity contribution in [2.45, 2.75) is 44.6 Å². The molecule has 0 atom stereocenters. The molecule has 6 heteroatoms. The Morgan fingerprint density at radius 2 is 1.76 bits per heavy atom. The molecule has 0 unspecified atom stereocenters. The van der Waals surface area contributed by atoms with E-state index < -0.39 is 10.0 Å². The minimum atomic E-state index is -3.55. The minimum absolute atomic E-state index is 0.00992. The van der Waals surface area contributed by atoms with E-state index in [1.54, 1.807) is 14.0 Å². The van der Waals surface area contributed by atoms with E-state index in [1.807, 2.05) is 19.9 Å². The van der Waals surface area contributed by atoms with E-state index in [4.69, 9.17) is 10.5 Å². The van der Waals surface area contributed by atoms with Crippen LogP contribution in [0.1, 0.15) is 29.5 Å². The number of nitrogens with two attached hydrogens (primary N) is 1. The third-order valence-corrected chi connectivity index (χ3v) is 6.60. The fraction of sp³-hybridized carbons (Fsp3) is 0.600. The van der Waals surface area contributed by atoms with Gasteiger partial charge in [-0.05, 0) is 56.4 Å². The van der Waals surface area contributed by atoms with Crippen LogP contribution in [0.5, 0.6) is 0 Å². The van der Waals surface area contributed by atoms with Gasteiger partial charge in [0, 0.05) is 32.0 Å². The van der Waals surface area contributed by atoms with Crippen LogP contribution in [-0.4, -0.2) is 39.0 Å². The second-order valence-electron chi connectivity index (χ2n) is 5.73. The molecule has 0 spiro atoms. The van der Waals surface area contributed by atoms with E-state index >= 15 is 0 Å². The fourth-order valence-electron chi connectivity index (χ4n) is 2.82. The second kappa shape index (κ2) is 5.94. The molecule has 1 fully saturated rings. The predicted octanol–water partition coefficient (Wildman–Crippen LogP) is 1.99. The summed E-state index contributed by atoms with van der Waals surface area (Å²) < 4.78 is 32.8. The first-order chi connectivity index (χ1) is 9.76. The number of hydrogen-bond acceptors (Lipinski definition) is 4. The van der Waals surface area contributed by atoms with Crippen molar-refractivity contribution in [3.8, 4) is 0 Å². The van der Waals surface area contributed by atoms with E-state index in [0.717, 1.165) is 24.0 Å². The summed E-state index contributed by atoms with van der Waals surface area (Å²) in [5.41, 5.74) is 8.80. The van der Waals surface area contributed by atoms with Gasteiger partial charge in [0.15, 0.2) is 0 Å². The van der Waals surface area contributed by atoms with E-state index in [-0.39, 0.29) is 6.04 Å². The highest BCUT2D eigenvalue weighted by Crippen LogP contribution is 2.31. The smallest absolute Gasteiger partial charge is 0.243 e. The average molecular weight is 312 g/mol. The van der Waals surface area contributed by atoms with Crippen LogP contribution in [0.25, 0.3) is 0 Å². The summed E-state index contributed by atoms with van der Waals surface area (Å²) in [5.74, 6) is 0. The Morgan fingerprint density at radius 3 is 2.33 bits per heavy atom. The zero-order chi connectivity index (χ0) is 15.8. The first-order valence-corrected chi connectivity index (χ1v) is 8.63. The summed E-state index contributed by atoms with van der Waals surface area (Å²) in [6.45, 7) is 6.72. The first-order valence-electron chi connectivity index (χ1n) is 7.19. The van der Waals surface area contributed by atoms with Crippen LogP contribution in [-0.2, 0) is 14.8 Å². The number of anilines is 1. The maximum Gasteiger partial charge on any atom is 0.243 e. The molecule has 2 N–H and O–H groups in total. The standard InChI is InChI=1S/C15H24N2O3S/c1-10-9-14(16)12(3)15(11(10)2)21(18,19)17(4)13-5-7-20-8-6-13/h9,13H,5-8,16H2,1-4H3. The SMILES string of the molecule is Cc1cc(N)c(C)c(S(=O)(=O)N(C)C2CCOCC2)c1C. The highest BCUT2D eigenvalue weighted by molar-refractivity contribution is 7.89. The molecule has 1 aromatic rings. The number of sulfonamides is 1. The van der Waals surface area contributed by atoms with Gasteiger partial charge in [-0.15, -0.1) is 0 Å². The van der Waals surface area contributed by atoms with Gasteiger partial charge in [-0.2, -0.15) is 4.31 Å². The Kier molecular flexibility index (Phi) is 4.60. The van der Waals surface area contributed by atoms with Crippen molar-refractivity contribution in [3.05, 3.63) is 22.8 Å². The normalized spacial score (nSPS) is 17.4. The Balaban J connectivity index is 2.49. The Bertz CT molecular complexity index is 609. The molecule has 0 bridgehead atoms. The number of benzene rings is 1. The zero-order valence-electron chi connectivity index (χ0n) is 13.1. The molecule has 118 valence electrons. The Morgan fingerprint density at radius 1 is 1.19 bits per heavy atom. The zero-order valence-corrected chi connectivity index (χ0v) is 14.0. The molecule has 1 heterocycles. The quantitative estimate of drug-likeness (QED) is 0.866. The maximum atomic E-state index is 13.0. The van der Waals surface area contributed by atoms with Gasteiger partial charge in [0.2, 0.25) is 10.0 Å². The van der Waals surface area contributed by atoms with E-state index in [9.17, 15) is 8.42 Å². The molecule has 1 saturated heterocycles. The van der Waals surface area contributed by atoms with Gasteiger partial charge >= 0.3 is 0 Å². The first kappa shape index (κ1) is 16.3. The molecule has 0 amide bonds. The molecule has 1 aromatic carbocycles. The number of rotatable bonds is 3. The largest absolute Gasteiger partial charge is 0.398 e. The summed E-state index contributed by atoms with van der Waals surface area (Å²) in [6.07, 6.45) is 1.46. The average Bonchev–Trinajstić information content (AvgIpc) is 2.45. The summed E-state index contributed by atoms with van der Waals surface area (Å²) in [5, 5.41) is 0. The van der Waals surface area contributed by atoms with Gasteiger partial charge in [0.1, 0.15) is 0 Å². The lowest BCUT2D eigenvalue weighted by molar-refractivity contribution is 0.0632. The third kappa shape index (κ3) is 2.93. The van der Waals surface area contributed by atoms with Gasteiger partial charge in [-0.25, -0.2) is 8.42 Å². The lowest BCUT2D eigenvalue weighted by atomic mass is 10.1. The van der Waals surface area contributed by atoms with Crippen molar-refractivity contribution in [1.82, 2.24) is 4.31 Å².